The second kappa shape index (κ2) is 6.86. The van der Waals surface area contributed by atoms with E-state index in [9.17, 15) is 9.59 Å². The Morgan fingerprint density at radius 1 is 1.26 bits per heavy atom. The van der Waals surface area contributed by atoms with Gasteiger partial charge in [0.15, 0.2) is 0 Å². The van der Waals surface area contributed by atoms with Crippen molar-refractivity contribution < 1.29 is 9.59 Å². The van der Waals surface area contributed by atoms with Crippen molar-refractivity contribution in [2.75, 3.05) is 39.3 Å². The number of rotatable bonds is 5. The summed E-state index contributed by atoms with van der Waals surface area (Å²) >= 11 is 0. The summed E-state index contributed by atoms with van der Waals surface area (Å²) in [5, 5.41) is 8.43. The predicted octanol–water partition coefficient (Wildman–Crippen LogP) is -0.236. The second-order valence-electron chi connectivity index (χ2n) is 5.53. The largest absolute Gasteiger partial charge is 0.338 e. The molecule has 3 amide bonds. The molecule has 2 aliphatic heterocycles. The highest BCUT2D eigenvalue weighted by atomic mass is 16.2. The normalized spacial score (nSPS) is 26.2. The van der Waals surface area contributed by atoms with Crippen LogP contribution in [-0.4, -0.2) is 56.1 Å². The van der Waals surface area contributed by atoms with Crippen molar-refractivity contribution in [1.82, 2.24) is 20.9 Å². The number of unbranched alkanes of at least 4 members (excludes halogenated alkanes) is 1. The van der Waals surface area contributed by atoms with E-state index in [1.165, 1.54) is 0 Å². The van der Waals surface area contributed by atoms with Gasteiger partial charge in [-0.1, -0.05) is 13.3 Å². The molecule has 0 saturated carbocycles. The fourth-order valence-electron chi connectivity index (χ4n) is 2.87. The van der Waals surface area contributed by atoms with Gasteiger partial charge in [-0.25, -0.2) is 4.79 Å². The molecule has 0 aromatic carbocycles. The SMILES string of the molecule is CCCCNC(=O)NC(=O)CN1CC2CNCC2C1. The lowest BCUT2D eigenvalue weighted by atomic mass is 10.0. The van der Waals surface area contributed by atoms with Gasteiger partial charge < -0.3 is 10.6 Å². The second-order valence-corrected chi connectivity index (χ2v) is 5.53. The number of imide groups is 1. The third kappa shape index (κ3) is 4.18. The van der Waals surface area contributed by atoms with Crippen LogP contribution in [-0.2, 0) is 4.79 Å². The highest BCUT2D eigenvalue weighted by Crippen LogP contribution is 2.25. The summed E-state index contributed by atoms with van der Waals surface area (Å²) in [6, 6.07) is -0.375. The smallest absolute Gasteiger partial charge is 0.321 e. The number of hydrogen-bond donors (Lipinski definition) is 3. The highest BCUT2D eigenvalue weighted by molar-refractivity contribution is 5.95. The number of nitrogens with one attached hydrogen (secondary N) is 3. The van der Waals surface area contributed by atoms with E-state index in [-0.39, 0.29) is 11.9 Å². The molecule has 6 heteroatoms. The molecule has 2 fully saturated rings. The molecule has 0 aliphatic carbocycles. The van der Waals surface area contributed by atoms with Crippen LogP contribution in [0.5, 0.6) is 0 Å². The van der Waals surface area contributed by atoms with Gasteiger partial charge in [-0.15, -0.1) is 0 Å². The summed E-state index contributed by atoms with van der Waals surface area (Å²) in [6.45, 7) is 7.04. The molecule has 2 heterocycles. The van der Waals surface area contributed by atoms with Gasteiger partial charge in [0.1, 0.15) is 0 Å². The third-order valence-electron chi connectivity index (χ3n) is 3.90. The fraction of sp³-hybridized carbons (Fsp3) is 0.846. The van der Waals surface area contributed by atoms with Gasteiger partial charge in [0.2, 0.25) is 5.91 Å². The standard InChI is InChI=1S/C13H24N4O2/c1-2-3-4-15-13(19)16-12(18)9-17-7-10-5-14-6-11(10)8-17/h10-11,14H,2-9H2,1H3,(H2,15,16,18,19). The minimum atomic E-state index is -0.375. The van der Waals surface area contributed by atoms with Crippen LogP contribution in [0.15, 0.2) is 0 Å². The first-order valence-electron chi connectivity index (χ1n) is 7.19. The fourth-order valence-corrected chi connectivity index (χ4v) is 2.87. The van der Waals surface area contributed by atoms with Crippen LogP contribution in [0.2, 0.25) is 0 Å². The number of nitrogens with zero attached hydrogens (tertiary/aromatic N) is 1. The molecule has 2 atom stereocenters. The molecule has 2 unspecified atom stereocenters. The van der Waals surface area contributed by atoms with Crippen LogP contribution in [0.4, 0.5) is 4.79 Å². The van der Waals surface area contributed by atoms with E-state index in [1.807, 2.05) is 0 Å². The van der Waals surface area contributed by atoms with Crippen molar-refractivity contribution in [1.29, 1.82) is 0 Å². The number of hydrogen-bond acceptors (Lipinski definition) is 4. The maximum atomic E-state index is 11.7. The maximum Gasteiger partial charge on any atom is 0.321 e. The van der Waals surface area contributed by atoms with Gasteiger partial charge in [0.05, 0.1) is 6.54 Å². The van der Waals surface area contributed by atoms with Gasteiger partial charge in [0, 0.05) is 19.6 Å². The molecule has 0 aromatic heterocycles. The molecular weight excluding hydrogens is 244 g/mol. The van der Waals surface area contributed by atoms with Crippen molar-refractivity contribution in [3.05, 3.63) is 0 Å². The van der Waals surface area contributed by atoms with Crippen LogP contribution < -0.4 is 16.0 Å². The number of urea groups is 1. The molecular formula is C13H24N4O2. The minimum Gasteiger partial charge on any atom is -0.338 e. The molecule has 108 valence electrons. The first-order valence-corrected chi connectivity index (χ1v) is 7.19. The lowest BCUT2D eigenvalue weighted by Gasteiger charge is -2.16. The number of fused-ring (bicyclic) bond motifs is 1. The average molecular weight is 268 g/mol. The molecule has 0 bridgehead atoms. The zero-order chi connectivity index (χ0) is 13.7. The van der Waals surface area contributed by atoms with E-state index in [0.717, 1.165) is 39.0 Å². The average Bonchev–Trinajstić information content (AvgIpc) is 2.89. The van der Waals surface area contributed by atoms with Crippen LogP contribution >= 0.6 is 0 Å². The van der Waals surface area contributed by atoms with E-state index in [4.69, 9.17) is 0 Å². The summed E-state index contributed by atoms with van der Waals surface area (Å²) in [4.78, 5) is 25.3. The van der Waals surface area contributed by atoms with Crippen LogP contribution in [0, 0.1) is 11.8 Å². The quantitative estimate of drug-likeness (QED) is 0.602. The predicted molar refractivity (Wildman–Crippen MR) is 72.7 cm³/mol. The first-order chi connectivity index (χ1) is 9.19. The van der Waals surface area contributed by atoms with E-state index in [2.05, 4.69) is 27.8 Å². The van der Waals surface area contributed by atoms with Gasteiger partial charge in [-0.2, -0.15) is 0 Å². The Balaban J connectivity index is 1.63. The summed E-state index contributed by atoms with van der Waals surface area (Å²) in [6.07, 6.45) is 1.96. The van der Waals surface area contributed by atoms with Gasteiger partial charge in [-0.05, 0) is 31.3 Å². The van der Waals surface area contributed by atoms with E-state index >= 15 is 0 Å². The summed E-state index contributed by atoms with van der Waals surface area (Å²) < 4.78 is 0. The van der Waals surface area contributed by atoms with E-state index in [1.54, 1.807) is 0 Å². The number of carbonyl (C=O) groups is 2. The Kier molecular flexibility index (Phi) is 5.15. The minimum absolute atomic E-state index is 0.207. The van der Waals surface area contributed by atoms with Crippen molar-refractivity contribution in [2.24, 2.45) is 11.8 Å². The molecule has 19 heavy (non-hydrogen) atoms. The molecule has 0 radical (unpaired) electrons. The first kappa shape index (κ1) is 14.3. The van der Waals surface area contributed by atoms with Crippen molar-refractivity contribution in [3.8, 4) is 0 Å². The van der Waals surface area contributed by atoms with E-state index < -0.39 is 0 Å². The van der Waals surface area contributed by atoms with Gasteiger partial charge in [-0.3, -0.25) is 15.0 Å². The summed E-state index contributed by atoms with van der Waals surface area (Å²) in [7, 11) is 0. The molecule has 0 aromatic rings. The van der Waals surface area contributed by atoms with Crippen molar-refractivity contribution in [2.45, 2.75) is 19.8 Å². The van der Waals surface area contributed by atoms with Crippen LogP contribution in [0.25, 0.3) is 0 Å². The number of carbonyl (C=O) groups excluding carboxylic acids is 2. The summed E-state index contributed by atoms with van der Waals surface area (Å²) in [5.74, 6) is 1.14. The molecule has 0 spiro atoms. The topological polar surface area (TPSA) is 73.5 Å². The van der Waals surface area contributed by atoms with Crippen molar-refractivity contribution >= 4 is 11.9 Å². The molecule has 2 saturated heterocycles. The zero-order valence-corrected chi connectivity index (χ0v) is 11.6. The maximum absolute atomic E-state index is 11.7. The Morgan fingerprint density at radius 2 is 1.95 bits per heavy atom. The van der Waals surface area contributed by atoms with Crippen LogP contribution in [0.3, 0.4) is 0 Å². The number of likely N-dealkylation sites (tertiary alicyclic amines) is 1. The van der Waals surface area contributed by atoms with Gasteiger partial charge >= 0.3 is 6.03 Å². The number of amides is 3. The lowest BCUT2D eigenvalue weighted by molar-refractivity contribution is -0.121. The molecule has 3 N–H and O–H groups in total. The Hall–Kier alpha value is -1.14. The lowest BCUT2D eigenvalue weighted by Crippen LogP contribution is -2.44. The summed E-state index contributed by atoms with van der Waals surface area (Å²) in [5.41, 5.74) is 0. The highest BCUT2D eigenvalue weighted by Gasteiger charge is 2.36. The Bertz CT molecular complexity index is 323. The Morgan fingerprint density at radius 3 is 2.58 bits per heavy atom. The van der Waals surface area contributed by atoms with E-state index in [0.29, 0.717) is 24.9 Å². The molecule has 2 rings (SSSR count). The Labute approximate surface area is 114 Å². The van der Waals surface area contributed by atoms with Crippen LogP contribution in [0.1, 0.15) is 19.8 Å². The zero-order valence-electron chi connectivity index (χ0n) is 11.6. The monoisotopic (exact) mass is 268 g/mol. The van der Waals surface area contributed by atoms with Crippen molar-refractivity contribution in [3.63, 3.8) is 0 Å². The van der Waals surface area contributed by atoms with Gasteiger partial charge in [0.25, 0.3) is 0 Å². The molecule has 6 nitrogen and oxygen atoms in total. The molecule has 2 aliphatic rings. The third-order valence-corrected chi connectivity index (χ3v) is 3.90.